The zero-order chi connectivity index (χ0) is 20.2. The molecule has 0 aliphatic rings. The molecule has 27 heavy (non-hydrogen) atoms. The number of carbonyl (C=O) groups is 1. The molecule has 1 amide bonds. The Bertz CT molecular complexity index is 960. The molecular weight excluding hydrogens is 375 g/mol. The number of ether oxygens (including phenoxy) is 2. The second kappa shape index (κ2) is 8.26. The first-order chi connectivity index (χ1) is 12.7. The second-order valence-electron chi connectivity index (χ2n) is 5.67. The number of methoxy groups -OCH3 is 2. The highest BCUT2D eigenvalue weighted by molar-refractivity contribution is 7.92. The van der Waals surface area contributed by atoms with Gasteiger partial charge in [-0.2, -0.15) is 0 Å². The summed E-state index contributed by atoms with van der Waals surface area (Å²) in [5.41, 5.74) is 1.25. The van der Waals surface area contributed by atoms with Crippen molar-refractivity contribution in [3.8, 4) is 11.5 Å². The highest BCUT2D eigenvalue weighted by atomic mass is 32.2. The smallest absolute Gasteiger partial charge is 0.264 e. The molecule has 0 atom stereocenters. The summed E-state index contributed by atoms with van der Waals surface area (Å²) in [4.78, 5) is 11.0. The first kappa shape index (κ1) is 20.5. The minimum Gasteiger partial charge on any atom is -0.493 e. The third-order valence-electron chi connectivity index (χ3n) is 3.81. The van der Waals surface area contributed by atoms with Crippen LogP contribution in [0.1, 0.15) is 18.9 Å². The van der Waals surface area contributed by atoms with Gasteiger partial charge in [-0.1, -0.05) is 13.0 Å². The number of hydrogen-bond donors (Lipinski definition) is 2. The topological polar surface area (TPSA) is 93.7 Å². The average Bonchev–Trinajstić information content (AvgIpc) is 2.63. The van der Waals surface area contributed by atoms with Gasteiger partial charge in [0.1, 0.15) is 10.7 Å². The third-order valence-corrected chi connectivity index (χ3v) is 5.19. The lowest BCUT2D eigenvalue weighted by Crippen LogP contribution is -2.16. The Labute approximate surface area is 157 Å². The van der Waals surface area contributed by atoms with Crippen LogP contribution in [0.3, 0.4) is 0 Å². The van der Waals surface area contributed by atoms with Crippen molar-refractivity contribution in [2.75, 3.05) is 24.3 Å². The summed E-state index contributed by atoms with van der Waals surface area (Å²) in [6.07, 6.45) is 0.284. The number of sulfonamides is 1. The van der Waals surface area contributed by atoms with E-state index >= 15 is 0 Å². The molecule has 9 heteroatoms. The molecule has 0 aromatic heterocycles. The molecule has 2 aromatic rings. The molecule has 0 aliphatic heterocycles. The monoisotopic (exact) mass is 396 g/mol. The van der Waals surface area contributed by atoms with Gasteiger partial charge < -0.3 is 14.8 Å². The van der Waals surface area contributed by atoms with Crippen LogP contribution in [0.5, 0.6) is 11.5 Å². The van der Waals surface area contributed by atoms with Crippen LogP contribution in [0.2, 0.25) is 0 Å². The van der Waals surface area contributed by atoms with Crippen molar-refractivity contribution in [2.45, 2.75) is 25.2 Å². The van der Waals surface area contributed by atoms with Crippen molar-refractivity contribution in [3.05, 3.63) is 41.7 Å². The fraction of sp³-hybridized carbons (Fsp3) is 0.278. The van der Waals surface area contributed by atoms with Crippen LogP contribution in [0.4, 0.5) is 15.8 Å². The molecule has 0 bridgehead atoms. The van der Waals surface area contributed by atoms with Crippen molar-refractivity contribution in [1.29, 1.82) is 0 Å². The summed E-state index contributed by atoms with van der Waals surface area (Å²) in [5.74, 6) is -1.03. The quantitative estimate of drug-likeness (QED) is 0.749. The zero-order valence-corrected chi connectivity index (χ0v) is 16.2. The van der Waals surface area contributed by atoms with Gasteiger partial charge in [-0.05, 0) is 24.6 Å². The van der Waals surface area contributed by atoms with E-state index in [2.05, 4.69) is 10.0 Å². The summed E-state index contributed by atoms with van der Waals surface area (Å²) in [6.45, 7) is 3.39. The molecule has 0 aliphatic carbocycles. The maximum absolute atomic E-state index is 14.3. The zero-order valence-electron chi connectivity index (χ0n) is 15.4. The Kier molecular flexibility index (Phi) is 6.27. The number of nitrogens with one attached hydrogen (secondary N) is 2. The number of benzene rings is 2. The van der Waals surface area contributed by atoms with Crippen molar-refractivity contribution in [3.63, 3.8) is 0 Å². The lowest BCUT2D eigenvalue weighted by molar-refractivity contribution is -0.115. The van der Waals surface area contributed by atoms with Gasteiger partial charge in [0.2, 0.25) is 5.91 Å². The molecule has 2 N–H and O–H groups in total. The van der Waals surface area contributed by atoms with Gasteiger partial charge >= 0.3 is 0 Å². The molecule has 2 aromatic carbocycles. The Hall–Kier alpha value is -2.81. The fourth-order valence-corrected chi connectivity index (χ4v) is 3.50. The van der Waals surface area contributed by atoms with E-state index in [1.807, 2.05) is 0 Å². The van der Waals surface area contributed by atoms with E-state index in [9.17, 15) is 17.6 Å². The Balaban J connectivity index is 2.42. The number of rotatable bonds is 7. The SMILES string of the molecule is CCC(=O)Nc1ccc(C)c(NS(=O)(=O)c2cc(OC)c(OC)cc2F)c1. The molecule has 2 rings (SSSR count). The van der Waals surface area contributed by atoms with Crippen LogP contribution in [0.15, 0.2) is 35.2 Å². The molecule has 0 saturated heterocycles. The van der Waals surface area contributed by atoms with Crippen molar-refractivity contribution in [2.24, 2.45) is 0 Å². The number of hydrogen-bond acceptors (Lipinski definition) is 5. The van der Waals surface area contributed by atoms with Crippen molar-refractivity contribution < 1.29 is 27.1 Å². The minimum atomic E-state index is -4.25. The van der Waals surface area contributed by atoms with E-state index in [4.69, 9.17) is 9.47 Å². The molecule has 7 nitrogen and oxygen atoms in total. The van der Waals surface area contributed by atoms with Crippen LogP contribution in [0.25, 0.3) is 0 Å². The molecule has 0 spiro atoms. The van der Waals surface area contributed by atoms with Gasteiger partial charge in [-0.25, -0.2) is 12.8 Å². The van der Waals surface area contributed by atoms with Crippen LogP contribution < -0.4 is 19.5 Å². The lowest BCUT2D eigenvalue weighted by atomic mass is 10.2. The summed E-state index contributed by atoms with van der Waals surface area (Å²) in [6, 6.07) is 6.76. The van der Waals surface area contributed by atoms with Gasteiger partial charge in [0.25, 0.3) is 10.0 Å². The number of aryl methyl sites for hydroxylation is 1. The first-order valence-electron chi connectivity index (χ1n) is 8.06. The normalized spacial score (nSPS) is 11.0. The number of amides is 1. The summed E-state index contributed by atoms with van der Waals surface area (Å²) in [7, 11) is -1.60. The molecule has 0 heterocycles. The Morgan fingerprint density at radius 1 is 1.11 bits per heavy atom. The van der Waals surface area contributed by atoms with E-state index in [0.717, 1.165) is 12.1 Å². The second-order valence-corrected chi connectivity index (χ2v) is 7.33. The van der Waals surface area contributed by atoms with E-state index < -0.39 is 20.7 Å². The van der Waals surface area contributed by atoms with E-state index in [1.54, 1.807) is 26.0 Å². The predicted octanol–water partition coefficient (Wildman–Crippen LogP) is 3.30. The summed E-state index contributed by atoms with van der Waals surface area (Å²) in [5, 5.41) is 2.65. The largest absolute Gasteiger partial charge is 0.493 e. The van der Waals surface area contributed by atoms with Crippen molar-refractivity contribution >= 4 is 27.3 Å². The number of halogens is 1. The molecule has 0 unspecified atom stereocenters. The standard InChI is InChI=1S/C18H21FN2O5S/c1-5-18(22)20-12-7-6-11(2)14(8-12)21-27(23,24)17-10-16(26-4)15(25-3)9-13(17)19/h6-10,21H,5H2,1-4H3,(H,20,22). The maximum atomic E-state index is 14.3. The maximum Gasteiger partial charge on any atom is 0.264 e. The third kappa shape index (κ3) is 4.68. The molecule has 0 saturated carbocycles. The van der Waals surface area contributed by atoms with Gasteiger partial charge in [0.05, 0.1) is 19.9 Å². The summed E-state index contributed by atoms with van der Waals surface area (Å²) < 4.78 is 52.1. The van der Waals surface area contributed by atoms with Crippen LogP contribution in [0, 0.1) is 12.7 Å². The number of anilines is 2. The van der Waals surface area contributed by atoms with Crippen LogP contribution >= 0.6 is 0 Å². The molecular formula is C18H21FN2O5S. The lowest BCUT2D eigenvalue weighted by Gasteiger charge is -2.15. The minimum absolute atomic E-state index is 0.0782. The Morgan fingerprint density at radius 3 is 2.33 bits per heavy atom. The van der Waals surface area contributed by atoms with Gasteiger partial charge in [0, 0.05) is 24.2 Å². The molecule has 0 fully saturated rings. The molecule has 0 radical (unpaired) electrons. The first-order valence-corrected chi connectivity index (χ1v) is 9.55. The average molecular weight is 396 g/mol. The highest BCUT2D eigenvalue weighted by Gasteiger charge is 2.23. The van der Waals surface area contributed by atoms with Crippen LogP contribution in [-0.2, 0) is 14.8 Å². The van der Waals surface area contributed by atoms with Crippen molar-refractivity contribution in [1.82, 2.24) is 0 Å². The van der Waals surface area contributed by atoms with E-state index in [0.29, 0.717) is 11.3 Å². The predicted molar refractivity (Wildman–Crippen MR) is 100 cm³/mol. The number of carbonyl (C=O) groups excluding carboxylic acids is 1. The van der Waals surface area contributed by atoms with Crippen LogP contribution in [-0.4, -0.2) is 28.5 Å². The fourth-order valence-electron chi connectivity index (χ4n) is 2.30. The van der Waals surface area contributed by atoms with E-state index in [1.165, 1.54) is 20.3 Å². The Morgan fingerprint density at radius 2 is 1.74 bits per heavy atom. The molecule has 146 valence electrons. The van der Waals surface area contributed by atoms with Gasteiger partial charge in [0.15, 0.2) is 11.5 Å². The van der Waals surface area contributed by atoms with Gasteiger partial charge in [-0.3, -0.25) is 9.52 Å². The summed E-state index contributed by atoms with van der Waals surface area (Å²) >= 11 is 0. The highest BCUT2D eigenvalue weighted by Crippen LogP contribution is 2.33. The van der Waals surface area contributed by atoms with Gasteiger partial charge in [-0.15, -0.1) is 0 Å². The van der Waals surface area contributed by atoms with E-state index in [-0.39, 0.29) is 29.5 Å².